The fourth-order valence-corrected chi connectivity index (χ4v) is 2.11. The molecule has 1 aromatic carbocycles. The van der Waals surface area contributed by atoms with Crippen molar-refractivity contribution in [2.75, 3.05) is 5.32 Å². The Hall–Kier alpha value is -1.82. The summed E-state index contributed by atoms with van der Waals surface area (Å²) in [6.07, 6.45) is 0. The molecule has 4 nitrogen and oxygen atoms in total. The Morgan fingerprint density at radius 2 is 2.10 bits per heavy atom. The van der Waals surface area contributed by atoms with Crippen molar-refractivity contribution >= 4 is 17.3 Å². The lowest BCUT2D eigenvalue weighted by molar-refractivity contribution is -0.0493. The van der Waals surface area contributed by atoms with Crippen LogP contribution in [0.4, 0.5) is 14.5 Å². The molecule has 0 fully saturated rings. The van der Waals surface area contributed by atoms with Crippen LogP contribution in [0.3, 0.4) is 0 Å². The summed E-state index contributed by atoms with van der Waals surface area (Å²) in [5, 5.41) is 7.74. The van der Waals surface area contributed by atoms with Crippen LogP contribution in [0.1, 0.15) is 11.3 Å². The quantitative estimate of drug-likeness (QED) is 0.917. The summed E-state index contributed by atoms with van der Waals surface area (Å²) < 4.78 is 30.6. The number of nitrogens with one attached hydrogen (secondary N) is 1. The predicted octanol–water partition coefficient (Wildman–Crippen LogP) is 3.60. The highest BCUT2D eigenvalue weighted by Gasteiger charge is 2.13. The van der Waals surface area contributed by atoms with Crippen LogP contribution in [0.25, 0.3) is 0 Å². The molecule has 0 saturated heterocycles. The van der Waals surface area contributed by atoms with Crippen molar-refractivity contribution in [2.45, 2.75) is 20.1 Å². The zero-order valence-corrected chi connectivity index (χ0v) is 11.8. The molecule has 20 heavy (non-hydrogen) atoms. The van der Waals surface area contributed by atoms with Crippen molar-refractivity contribution in [1.82, 2.24) is 9.78 Å². The third-order valence-corrected chi connectivity index (χ3v) is 3.30. The van der Waals surface area contributed by atoms with Gasteiger partial charge >= 0.3 is 6.61 Å². The number of hydrogen-bond donors (Lipinski definition) is 1. The van der Waals surface area contributed by atoms with Crippen LogP contribution in [0, 0.1) is 6.92 Å². The molecule has 0 amide bonds. The maximum absolute atomic E-state index is 12.3. The second kappa shape index (κ2) is 6.09. The number of nitrogens with zero attached hydrogens (tertiary/aromatic N) is 2. The van der Waals surface area contributed by atoms with E-state index in [9.17, 15) is 8.78 Å². The van der Waals surface area contributed by atoms with E-state index in [1.165, 1.54) is 6.07 Å². The van der Waals surface area contributed by atoms with Gasteiger partial charge in [-0.2, -0.15) is 13.9 Å². The van der Waals surface area contributed by atoms with E-state index in [4.69, 9.17) is 11.6 Å². The van der Waals surface area contributed by atoms with Gasteiger partial charge in [-0.25, -0.2) is 0 Å². The Labute approximate surface area is 120 Å². The average Bonchev–Trinajstić information content (AvgIpc) is 2.62. The van der Waals surface area contributed by atoms with E-state index in [1.807, 2.05) is 6.92 Å². The van der Waals surface area contributed by atoms with E-state index in [0.29, 0.717) is 17.4 Å². The molecular weight excluding hydrogens is 288 g/mol. The minimum atomic E-state index is -2.86. The highest BCUT2D eigenvalue weighted by molar-refractivity contribution is 6.30. The first-order valence-corrected chi connectivity index (χ1v) is 6.32. The second-order valence-corrected chi connectivity index (χ2v) is 4.56. The van der Waals surface area contributed by atoms with Crippen LogP contribution in [-0.4, -0.2) is 16.4 Å². The molecule has 0 radical (unpaired) electrons. The maximum Gasteiger partial charge on any atom is 0.387 e. The number of ether oxygens (including phenoxy) is 1. The number of rotatable bonds is 5. The molecule has 0 bridgehead atoms. The maximum atomic E-state index is 12.3. The lowest BCUT2D eigenvalue weighted by atomic mass is 10.2. The summed E-state index contributed by atoms with van der Waals surface area (Å²) in [4.78, 5) is 0. The molecule has 1 aromatic heterocycles. The molecule has 1 N–H and O–H groups in total. The lowest BCUT2D eigenvalue weighted by Gasteiger charge is -2.12. The molecule has 2 rings (SSSR count). The molecule has 108 valence electrons. The van der Waals surface area contributed by atoms with Gasteiger partial charge in [-0.15, -0.1) is 0 Å². The van der Waals surface area contributed by atoms with Crippen molar-refractivity contribution < 1.29 is 13.5 Å². The third-order valence-electron chi connectivity index (χ3n) is 2.83. The van der Waals surface area contributed by atoms with Gasteiger partial charge in [-0.1, -0.05) is 23.7 Å². The van der Waals surface area contributed by atoms with Crippen LogP contribution in [0.2, 0.25) is 5.15 Å². The number of alkyl halides is 2. The second-order valence-electron chi connectivity index (χ2n) is 4.21. The molecule has 0 aliphatic carbocycles. The van der Waals surface area contributed by atoms with E-state index in [-0.39, 0.29) is 5.75 Å². The largest absolute Gasteiger partial charge is 0.433 e. The number of para-hydroxylation sites is 2. The topological polar surface area (TPSA) is 39.1 Å². The van der Waals surface area contributed by atoms with Crippen LogP contribution < -0.4 is 10.1 Å². The zero-order valence-electron chi connectivity index (χ0n) is 11.0. The molecule has 2 aromatic rings. The standard InChI is InChI=1S/C13H14ClF2N3O/c1-8-9(12(14)19(2)18-8)7-17-10-5-3-4-6-11(10)20-13(15)16/h3-6,13,17H,7H2,1-2H3. The van der Waals surface area contributed by atoms with Crippen LogP contribution in [0.5, 0.6) is 5.75 Å². The Morgan fingerprint density at radius 1 is 1.40 bits per heavy atom. The Morgan fingerprint density at radius 3 is 2.70 bits per heavy atom. The van der Waals surface area contributed by atoms with E-state index in [0.717, 1.165) is 11.3 Å². The average molecular weight is 302 g/mol. The molecule has 0 unspecified atom stereocenters. The number of aromatic nitrogens is 2. The molecule has 1 heterocycles. The summed E-state index contributed by atoms with van der Waals surface area (Å²) in [5.74, 6) is 0.0974. The number of anilines is 1. The minimum absolute atomic E-state index is 0.0974. The van der Waals surface area contributed by atoms with Crippen molar-refractivity contribution in [2.24, 2.45) is 7.05 Å². The summed E-state index contributed by atoms with van der Waals surface area (Å²) in [5.41, 5.74) is 2.09. The Bertz CT molecular complexity index is 601. The van der Waals surface area contributed by atoms with Crippen LogP contribution >= 0.6 is 11.6 Å². The van der Waals surface area contributed by atoms with Crippen molar-refractivity contribution in [3.05, 3.63) is 40.7 Å². The minimum Gasteiger partial charge on any atom is -0.433 e. The molecule has 0 aliphatic heterocycles. The Kier molecular flexibility index (Phi) is 4.44. The first-order valence-electron chi connectivity index (χ1n) is 5.94. The van der Waals surface area contributed by atoms with Gasteiger partial charge in [0.25, 0.3) is 0 Å². The summed E-state index contributed by atoms with van der Waals surface area (Å²) >= 11 is 6.11. The highest BCUT2D eigenvalue weighted by Crippen LogP contribution is 2.27. The highest BCUT2D eigenvalue weighted by atomic mass is 35.5. The van der Waals surface area contributed by atoms with Crippen LogP contribution in [-0.2, 0) is 13.6 Å². The normalized spacial score (nSPS) is 10.9. The molecular formula is C13H14ClF2N3O. The zero-order chi connectivity index (χ0) is 14.7. The molecule has 0 saturated carbocycles. The van der Waals surface area contributed by atoms with Gasteiger partial charge in [0.15, 0.2) is 0 Å². The van der Waals surface area contributed by atoms with E-state index in [1.54, 1.807) is 29.9 Å². The summed E-state index contributed by atoms with van der Waals surface area (Å²) in [7, 11) is 1.74. The fraction of sp³-hybridized carbons (Fsp3) is 0.308. The predicted molar refractivity (Wildman–Crippen MR) is 73.4 cm³/mol. The van der Waals surface area contributed by atoms with Gasteiger partial charge < -0.3 is 10.1 Å². The van der Waals surface area contributed by atoms with Crippen molar-refractivity contribution in [1.29, 1.82) is 0 Å². The van der Waals surface area contributed by atoms with E-state index < -0.39 is 6.61 Å². The van der Waals surface area contributed by atoms with Gasteiger partial charge in [0.2, 0.25) is 0 Å². The van der Waals surface area contributed by atoms with Crippen LogP contribution in [0.15, 0.2) is 24.3 Å². The first-order chi connectivity index (χ1) is 9.49. The fourth-order valence-electron chi connectivity index (χ4n) is 1.87. The van der Waals surface area contributed by atoms with Gasteiger partial charge in [-0.05, 0) is 19.1 Å². The van der Waals surface area contributed by atoms with Gasteiger partial charge in [-0.3, -0.25) is 4.68 Å². The van der Waals surface area contributed by atoms with Crippen molar-refractivity contribution in [3.63, 3.8) is 0 Å². The van der Waals surface area contributed by atoms with Gasteiger partial charge in [0.1, 0.15) is 10.9 Å². The van der Waals surface area contributed by atoms with Gasteiger partial charge in [0.05, 0.1) is 11.4 Å². The smallest absolute Gasteiger partial charge is 0.387 e. The lowest BCUT2D eigenvalue weighted by Crippen LogP contribution is -2.07. The number of hydrogen-bond acceptors (Lipinski definition) is 3. The molecule has 0 spiro atoms. The van der Waals surface area contributed by atoms with Crippen molar-refractivity contribution in [3.8, 4) is 5.75 Å². The number of aryl methyl sites for hydroxylation is 2. The third kappa shape index (κ3) is 3.19. The first kappa shape index (κ1) is 14.6. The summed E-state index contributed by atoms with van der Waals surface area (Å²) in [6, 6.07) is 6.51. The van der Waals surface area contributed by atoms with E-state index in [2.05, 4.69) is 15.2 Å². The number of benzene rings is 1. The monoisotopic (exact) mass is 301 g/mol. The SMILES string of the molecule is Cc1nn(C)c(Cl)c1CNc1ccccc1OC(F)F. The molecule has 7 heteroatoms. The summed E-state index contributed by atoms with van der Waals surface area (Å²) in [6.45, 7) is -0.645. The molecule has 0 aliphatic rings. The van der Waals surface area contributed by atoms with Gasteiger partial charge in [0, 0.05) is 19.2 Å². The molecule has 0 atom stereocenters. The number of halogens is 3. The Balaban J connectivity index is 2.15. The van der Waals surface area contributed by atoms with E-state index >= 15 is 0 Å².